The highest BCUT2D eigenvalue weighted by Gasteiger charge is 2.09. The van der Waals surface area contributed by atoms with E-state index >= 15 is 0 Å². The minimum atomic E-state index is -0.385. The lowest BCUT2D eigenvalue weighted by Gasteiger charge is -2.01. The van der Waals surface area contributed by atoms with E-state index in [0.29, 0.717) is 16.6 Å². The second-order valence-corrected chi connectivity index (χ2v) is 4.15. The van der Waals surface area contributed by atoms with Crippen LogP contribution in [0.25, 0.3) is 22.8 Å². The van der Waals surface area contributed by atoms with Gasteiger partial charge in [-0.1, -0.05) is 35.5 Å². The van der Waals surface area contributed by atoms with E-state index in [2.05, 4.69) is 10.3 Å². The Hall–Kier alpha value is -3.00. The van der Waals surface area contributed by atoms with Crippen molar-refractivity contribution in [2.75, 3.05) is 0 Å². The van der Waals surface area contributed by atoms with Crippen molar-refractivity contribution in [3.05, 3.63) is 59.9 Å². The topological polar surface area (TPSA) is 54.5 Å². The average molecular weight is 264 g/mol. The molecular weight excluding hydrogens is 255 g/mol. The number of nitrogens with zero attached hydrogens (tertiary/aromatic N) is 4. The van der Waals surface area contributed by atoms with E-state index in [0.717, 1.165) is 0 Å². The second-order valence-electron chi connectivity index (χ2n) is 4.15. The lowest BCUT2D eigenvalue weighted by atomic mass is 10.2. The van der Waals surface area contributed by atoms with Crippen molar-refractivity contribution in [2.45, 2.75) is 0 Å². The molecule has 3 aromatic rings. The molecule has 0 aliphatic carbocycles. The van der Waals surface area contributed by atoms with Crippen molar-refractivity contribution >= 4 is 22.8 Å². The summed E-state index contributed by atoms with van der Waals surface area (Å²) >= 11 is 0. The number of hydrogen-bond acceptors (Lipinski definition) is 3. The zero-order chi connectivity index (χ0) is 13.9. The van der Waals surface area contributed by atoms with Crippen LogP contribution in [0.4, 0.5) is 4.39 Å². The highest BCUT2D eigenvalue weighted by molar-refractivity contribution is 5.86. The molecule has 96 valence electrons. The highest BCUT2D eigenvalue weighted by atomic mass is 19.1. The summed E-state index contributed by atoms with van der Waals surface area (Å²) in [4.78, 5) is 0. The Morgan fingerprint density at radius 2 is 1.90 bits per heavy atom. The quantitative estimate of drug-likeness (QED) is 0.668. The lowest BCUT2D eigenvalue weighted by Crippen LogP contribution is -1.98. The van der Waals surface area contributed by atoms with Crippen LogP contribution in [0, 0.1) is 17.1 Å². The smallest absolute Gasteiger partial charge is 0.145 e. The summed E-state index contributed by atoms with van der Waals surface area (Å²) in [6, 6.07) is 15.6. The fourth-order valence-corrected chi connectivity index (χ4v) is 1.93. The monoisotopic (exact) mass is 264 g/mol. The predicted molar refractivity (Wildman–Crippen MR) is 73.7 cm³/mol. The van der Waals surface area contributed by atoms with Crippen LogP contribution in [0.15, 0.2) is 48.5 Å². The van der Waals surface area contributed by atoms with Crippen LogP contribution in [-0.4, -0.2) is 15.0 Å². The molecule has 0 unspecified atom stereocenters. The molecular formula is C15H9FN4. The van der Waals surface area contributed by atoms with E-state index in [1.54, 1.807) is 24.3 Å². The van der Waals surface area contributed by atoms with Crippen molar-refractivity contribution in [3.8, 4) is 6.07 Å². The maximum absolute atomic E-state index is 13.6. The number of halogens is 1. The molecule has 0 N–H and O–H groups in total. The second kappa shape index (κ2) is 4.94. The highest BCUT2D eigenvalue weighted by Crippen LogP contribution is 2.18. The third-order valence-corrected chi connectivity index (χ3v) is 2.89. The van der Waals surface area contributed by atoms with Crippen LogP contribution in [0.1, 0.15) is 5.56 Å². The molecule has 0 radical (unpaired) electrons. The molecule has 1 heterocycles. The van der Waals surface area contributed by atoms with Gasteiger partial charge in [0.1, 0.15) is 23.1 Å². The van der Waals surface area contributed by atoms with Gasteiger partial charge in [-0.25, -0.2) is 9.07 Å². The molecule has 0 aliphatic rings. The Morgan fingerprint density at radius 1 is 1.15 bits per heavy atom. The standard InChI is InChI=1S/C15H9FN4/c16-13-6-2-1-5-11(13)9-12(10-17)20-15-8-4-3-7-14(15)18-19-20/h1-9H/b12-9+. The van der Waals surface area contributed by atoms with Gasteiger partial charge in [-0.3, -0.25) is 0 Å². The molecule has 0 atom stereocenters. The summed E-state index contributed by atoms with van der Waals surface area (Å²) in [6.07, 6.45) is 1.45. The van der Waals surface area contributed by atoms with E-state index < -0.39 is 0 Å². The van der Waals surface area contributed by atoms with Gasteiger partial charge in [0.25, 0.3) is 0 Å². The minimum Gasteiger partial charge on any atom is -0.206 e. The fourth-order valence-electron chi connectivity index (χ4n) is 1.93. The van der Waals surface area contributed by atoms with E-state index in [-0.39, 0.29) is 11.5 Å². The van der Waals surface area contributed by atoms with Crippen LogP contribution in [0.3, 0.4) is 0 Å². The molecule has 2 aromatic carbocycles. The third-order valence-electron chi connectivity index (χ3n) is 2.89. The number of nitriles is 1. The van der Waals surface area contributed by atoms with Crippen LogP contribution < -0.4 is 0 Å². The summed E-state index contributed by atoms with van der Waals surface area (Å²) in [5.41, 5.74) is 1.94. The van der Waals surface area contributed by atoms with Gasteiger partial charge in [0.05, 0.1) is 5.52 Å². The molecule has 5 heteroatoms. The summed E-state index contributed by atoms with van der Waals surface area (Å²) < 4.78 is 15.0. The zero-order valence-corrected chi connectivity index (χ0v) is 10.4. The largest absolute Gasteiger partial charge is 0.206 e. The Labute approximate surface area is 114 Å². The fraction of sp³-hybridized carbons (Fsp3) is 0. The first-order valence-electron chi connectivity index (χ1n) is 5.97. The predicted octanol–water partition coefficient (Wildman–Crippen LogP) is 3.09. The number of rotatable bonds is 2. The third kappa shape index (κ3) is 2.04. The molecule has 1 aromatic heterocycles. The normalized spacial score (nSPS) is 11.5. The first-order valence-corrected chi connectivity index (χ1v) is 5.97. The van der Waals surface area contributed by atoms with E-state index in [9.17, 15) is 9.65 Å². The van der Waals surface area contributed by atoms with Crippen LogP contribution in [-0.2, 0) is 0 Å². The van der Waals surface area contributed by atoms with Crippen molar-refractivity contribution < 1.29 is 4.39 Å². The number of hydrogen-bond donors (Lipinski definition) is 0. The van der Waals surface area contributed by atoms with Crippen molar-refractivity contribution in [1.29, 1.82) is 5.26 Å². The Morgan fingerprint density at radius 3 is 2.70 bits per heavy atom. The van der Waals surface area contributed by atoms with Gasteiger partial charge in [-0.15, -0.1) is 5.10 Å². The molecule has 20 heavy (non-hydrogen) atoms. The Bertz CT molecular complexity index is 842. The van der Waals surface area contributed by atoms with Gasteiger partial charge < -0.3 is 0 Å². The van der Waals surface area contributed by atoms with Gasteiger partial charge in [0, 0.05) is 5.56 Å². The zero-order valence-electron chi connectivity index (χ0n) is 10.4. The van der Waals surface area contributed by atoms with E-state index in [1.165, 1.54) is 16.8 Å². The molecule has 4 nitrogen and oxygen atoms in total. The summed E-state index contributed by atoms with van der Waals surface area (Å²) in [5, 5.41) is 17.2. The van der Waals surface area contributed by atoms with Gasteiger partial charge in [-0.05, 0) is 24.3 Å². The first kappa shape index (κ1) is 12.1. The summed E-state index contributed by atoms with van der Waals surface area (Å²) in [6.45, 7) is 0. The Kier molecular flexibility index (Phi) is 2.98. The van der Waals surface area contributed by atoms with Crippen molar-refractivity contribution in [3.63, 3.8) is 0 Å². The summed E-state index contributed by atoms with van der Waals surface area (Å²) in [5.74, 6) is -0.385. The number of allylic oxidation sites excluding steroid dienone is 1. The lowest BCUT2D eigenvalue weighted by molar-refractivity contribution is 0.625. The van der Waals surface area contributed by atoms with Crippen LogP contribution in [0.2, 0.25) is 0 Å². The SMILES string of the molecule is N#C/C(=C\c1ccccc1F)n1nnc2ccccc21. The van der Waals surface area contributed by atoms with Gasteiger partial charge >= 0.3 is 0 Å². The van der Waals surface area contributed by atoms with E-state index in [1.807, 2.05) is 24.3 Å². The maximum atomic E-state index is 13.6. The molecule has 0 amide bonds. The average Bonchev–Trinajstić information content (AvgIpc) is 2.90. The number of aromatic nitrogens is 3. The van der Waals surface area contributed by atoms with Crippen molar-refractivity contribution in [1.82, 2.24) is 15.0 Å². The molecule has 0 fully saturated rings. The molecule has 0 bridgehead atoms. The Balaban J connectivity index is 2.16. The number of fused-ring (bicyclic) bond motifs is 1. The molecule has 0 spiro atoms. The number of para-hydroxylation sites is 1. The molecule has 3 rings (SSSR count). The summed E-state index contributed by atoms with van der Waals surface area (Å²) in [7, 11) is 0. The number of benzene rings is 2. The van der Waals surface area contributed by atoms with Crippen LogP contribution in [0.5, 0.6) is 0 Å². The first-order chi connectivity index (χ1) is 9.79. The maximum Gasteiger partial charge on any atom is 0.145 e. The van der Waals surface area contributed by atoms with Gasteiger partial charge in [-0.2, -0.15) is 5.26 Å². The molecule has 0 saturated carbocycles. The molecule has 0 aliphatic heterocycles. The molecule has 0 saturated heterocycles. The van der Waals surface area contributed by atoms with Crippen molar-refractivity contribution in [2.24, 2.45) is 0 Å². The van der Waals surface area contributed by atoms with Crippen LogP contribution >= 0.6 is 0 Å². The minimum absolute atomic E-state index is 0.212. The van der Waals surface area contributed by atoms with Gasteiger partial charge in [0.15, 0.2) is 0 Å². The van der Waals surface area contributed by atoms with Gasteiger partial charge in [0.2, 0.25) is 0 Å². The van der Waals surface area contributed by atoms with E-state index in [4.69, 9.17) is 0 Å².